The van der Waals surface area contributed by atoms with Crippen LogP contribution in [0.3, 0.4) is 0 Å². The fourth-order valence-corrected chi connectivity index (χ4v) is 2.08. The molecule has 0 amide bonds. The van der Waals surface area contributed by atoms with Crippen molar-refractivity contribution in [2.75, 3.05) is 0 Å². The van der Waals surface area contributed by atoms with Crippen LogP contribution in [0.1, 0.15) is 10.5 Å². The van der Waals surface area contributed by atoms with Crippen molar-refractivity contribution in [1.82, 2.24) is 14.5 Å². The largest absolute Gasteiger partial charge is 0.477 e. The van der Waals surface area contributed by atoms with Gasteiger partial charge in [-0.05, 0) is 30.3 Å². The number of carbonyl (C=O) groups is 1. The average Bonchev–Trinajstić information content (AvgIpc) is 2.89. The quantitative estimate of drug-likeness (QED) is 0.765. The Morgan fingerprint density at radius 1 is 1.33 bits per heavy atom. The smallest absolute Gasteiger partial charge is 0.352 e. The molecule has 2 N–H and O–H groups in total. The minimum absolute atomic E-state index is 0.138. The molecule has 0 unspecified atom stereocenters. The van der Waals surface area contributed by atoms with E-state index in [1.54, 1.807) is 12.4 Å². The highest BCUT2D eigenvalue weighted by Gasteiger charge is 2.12. The van der Waals surface area contributed by atoms with Gasteiger partial charge in [0, 0.05) is 10.2 Å². The number of aromatic nitrogens is 3. The first kappa shape index (κ1) is 11.0. The Kier molecular flexibility index (Phi) is 2.45. The molecule has 0 spiro atoms. The summed E-state index contributed by atoms with van der Waals surface area (Å²) >= 11 is 3.37. The number of carboxylic acid groups (broad SMARTS) is 1. The number of fused-ring (bicyclic) bond motifs is 1. The number of nitrogens with zero attached hydrogens (tertiary/aromatic N) is 2. The number of H-pyrrole nitrogens is 1. The van der Waals surface area contributed by atoms with Gasteiger partial charge in [-0.1, -0.05) is 15.9 Å². The van der Waals surface area contributed by atoms with E-state index in [9.17, 15) is 4.79 Å². The molecular weight excluding hydrogens is 298 g/mol. The number of halogens is 1. The van der Waals surface area contributed by atoms with E-state index in [1.807, 2.05) is 28.8 Å². The first-order valence-electron chi connectivity index (χ1n) is 5.20. The van der Waals surface area contributed by atoms with Gasteiger partial charge in [-0.15, -0.1) is 0 Å². The number of imidazole rings is 1. The van der Waals surface area contributed by atoms with Crippen molar-refractivity contribution in [3.05, 3.63) is 46.8 Å². The van der Waals surface area contributed by atoms with Crippen LogP contribution in [0.4, 0.5) is 0 Å². The molecule has 2 heterocycles. The summed E-state index contributed by atoms with van der Waals surface area (Å²) < 4.78 is 2.83. The van der Waals surface area contributed by atoms with Crippen molar-refractivity contribution in [3.8, 4) is 5.69 Å². The van der Waals surface area contributed by atoms with Crippen LogP contribution in [0.5, 0.6) is 0 Å². The van der Waals surface area contributed by atoms with E-state index in [2.05, 4.69) is 25.9 Å². The maximum atomic E-state index is 10.9. The Hall–Kier alpha value is -2.08. The summed E-state index contributed by atoms with van der Waals surface area (Å²) in [7, 11) is 0. The summed E-state index contributed by atoms with van der Waals surface area (Å²) in [6, 6.07) is 9.28. The summed E-state index contributed by atoms with van der Waals surface area (Å²) in [6.45, 7) is 0. The highest BCUT2D eigenvalue weighted by Crippen LogP contribution is 2.20. The Balaban J connectivity index is 2.17. The lowest BCUT2D eigenvalue weighted by atomic mass is 10.3. The van der Waals surface area contributed by atoms with Crippen LogP contribution in [0.25, 0.3) is 16.9 Å². The number of aromatic carboxylic acids is 1. The molecule has 0 atom stereocenters. The highest BCUT2D eigenvalue weighted by atomic mass is 79.9. The molecule has 6 heteroatoms. The summed E-state index contributed by atoms with van der Waals surface area (Å²) in [5, 5.41) is 8.93. The second kappa shape index (κ2) is 3.99. The number of carboxylic acids is 1. The van der Waals surface area contributed by atoms with Crippen LogP contribution in [-0.2, 0) is 0 Å². The van der Waals surface area contributed by atoms with Crippen molar-refractivity contribution in [2.24, 2.45) is 0 Å². The average molecular weight is 306 g/mol. The van der Waals surface area contributed by atoms with Gasteiger partial charge >= 0.3 is 5.97 Å². The molecule has 1 aromatic carbocycles. The molecule has 5 nitrogen and oxygen atoms in total. The van der Waals surface area contributed by atoms with Crippen molar-refractivity contribution in [2.45, 2.75) is 0 Å². The Morgan fingerprint density at radius 3 is 2.72 bits per heavy atom. The zero-order valence-corrected chi connectivity index (χ0v) is 10.7. The van der Waals surface area contributed by atoms with Crippen molar-refractivity contribution < 1.29 is 9.90 Å². The molecule has 0 aliphatic rings. The molecule has 0 bridgehead atoms. The zero-order valence-electron chi connectivity index (χ0n) is 9.09. The predicted octanol–water partition coefficient (Wildman–Crippen LogP) is 2.81. The van der Waals surface area contributed by atoms with Crippen molar-refractivity contribution >= 4 is 33.1 Å². The fourth-order valence-electron chi connectivity index (χ4n) is 1.82. The Bertz CT molecular complexity index is 727. The van der Waals surface area contributed by atoms with E-state index >= 15 is 0 Å². The molecule has 90 valence electrons. The van der Waals surface area contributed by atoms with Gasteiger partial charge in [-0.25, -0.2) is 9.78 Å². The van der Waals surface area contributed by atoms with Crippen LogP contribution in [0.2, 0.25) is 0 Å². The van der Waals surface area contributed by atoms with Crippen LogP contribution in [0, 0.1) is 0 Å². The number of hydrogen-bond donors (Lipinski definition) is 2. The lowest BCUT2D eigenvalue weighted by molar-refractivity contribution is 0.0691. The van der Waals surface area contributed by atoms with Crippen molar-refractivity contribution in [1.29, 1.82) is 0 Å². The summed E-state index contributed by atoms with van der Waals surface area (Å²) in [5.41, 5.74) is 2.38. The predicted molar refractivity (Wildman–Crippen MR) is 70.1 cm³/mol. The molecule has 3 rings (SSSR count). The van der Waals surface area contributed by atoms with Gasteiger partial charge < -0.3 is 10.1 Å². The maximum absolute atomic E-state index is 10.9. The monoisotopic (exact) mass is 305 g/mol. The first-order chi connectivity index (χ1) is 8.65. The lowest BCUT2D eigenvalue weighted by Crippen LogP contribution is -1.96. The number of rotatable bonds is 2. The molecular formula is C12H8BrN3O2. The summed E-state index contributed by atoms with van der Waals surface area (Å²) in [4.78, 5) is 17.8. The maximum Gasteiger partial charge on any atom is 0.352 e. The minimum Gasteiger partial charge on any atom is -0.477 e. The number of nitrogens with one attached hydrogen (secondary N) is 1. The highest BCUT2D eigenvalue weighted by molar-refractivity contribution is 9.10. The molecule has 2 aromatic heterocycles. The molecule has 0 aliphatic heterocycles. The third-order valence-corrected chi connectivity index (χ3v) is 3.20. The van der Waals surface area contributed by atoms with Crippen molar-refractivity contribution in [3.63, 3.8) is 0 Å². The van der Waals surface area contributed by atoms with Gasteiger partial charge in [0.15, 0.2) is 5.65 Å². The van der Waals surface area contributed by atoms with Gasteiger partial charge in [0.2, 0.25) is 0 Å². The minimum atomic E-state index is -0.990. The zero-order chi connectivity index (χ0) is 12.7. The molecule has 0 fully saturated rings. The SMILES string of the molecule is O=C(O)c1cc2c(ncn2-c2ccc(Br)cc2)[nH]1. The molecule has 0 saturated carbocycles. The van der Waals surface area contributed by atoms with Crippen LogP contribution in [-0.4, -0.2) is 25.6 Å². The first-order valence-corrected chi connectivity index (χ1v) is 6.00. The van der Waals surface area contributed by atoms with Crippen LogP contribution in [0.15, 0.2) is 41.1 Å². The van der Waals surface area contributed by atoms with Gasteiger partial charge in [0.25, 0.3) is 0 Å². The van der Waals surface area contributed by atoms with E-state index in [1.165, 1.54) is 0 Å². The molecule has 3 aromatic rings. The second-order valence-corrected chi connectivity index (χ2v) is 4.73. The van der Waals surface area contributed by atoms with Gasteiger partial charge in [0.1, 0.15) is 12.0 Å². The van der Waals surface area contributed by atoms with E-state index in [-0.39, 0.29) is 5.69 Å². The fraction of sp³-hybridized carbons (Fsp3) is 0. The number of aromatic amines is 1. The standard InChI is InChI=1S/C12H8BrN3O2/c13-7-1-3-8(4-2-7)16-6-14-11-10(16)5-9(15-11)12(17)18/h1-6,15H,(H,17,18). The van der Waals surface area contributed by atoms with E-state index in [0.29, 0.717) is 5.65 Å². The Labute approximate surface area is 110 Å². The van der Waals surface area contributed by atoms with Gasteiger partial charge in [-0.2, -0.15) is 0 Å². The van der Waals surface area contributed by atoms with E-state index in [4.69, 9.17) is 5.11 Å². The third-order valence-electron chi connectivity index (χ3n) is 2.67. The lowest BCUT2D eigenvalue weighted by Gasteiger charge is -2.02. The van der Waals surface area contributed by atoms with Gasteiger partial charge in [-0.3, -0.25) is 4.57 Å². The summed E-state index contributed by atoms with van der Waals surface area (Å²) in [6.07, 6.45) is 1.66. The molecule has 0 saturated heterocycles. The van der Waals surface area contributed by atoms with Crippen LogP contribution >= 0.6 is 15.9 Å². The third kappa shape index (κ3) is 1.70. The number of benzene rings is 1. The van der Waals surface area contributed by atoms with E-state index < -0.39 is 5.97 Å². The Morgan fingerprint density at radius 2 is 2.06 bits per heavy atom. The van der Waals surface area contributed by atoms with E-state index in [0.717, 1.165) is 15.7 Å². The number of hydrogen-bond acceptors (Lipinski definition) is 2. The van der Waals surface area contributed by atoms with Gasteiger partial charge in [0.05, 0.1) is 5.52 Å². The normalized spacial score (nSPS) is 10.9. The molecule has 0 radical (unpaired) electrons. The molecule has 18 heavy (non-hydrogen) atoms. The second-order valence-electron chi connectivity index (χ2n) is 3.81. The molecule has 0 aliphatic carbocycles. The van der Waals surface area contributed by atoms with Crippen LogP contribution < -0.4 is 0 Å². The summed E-state index contributed by atoms with van der Waals surface area (Å²) in [5.74, 6) is -0.990. The topological polar surface area (TPSA) is 70.9 Å².